The Labute approximate surface area is 200 Å². The Kier molecular flexibility index (Phi) is 6.36. The lowest BCUT2D eigenvalue weighted by Crippen LogP contribution is -2.54. The van der Waals surface area contributed by atoms with Crippen molar-refractivity contribution in [1.29, 1.82) is 0 Å². The highest BCUT2D eigenvalue weighted by molar-refractivity contribution is 5.81. The van der Waals surface area contributed by atoms with Gasteiger partial charge in [0, 0.05) is 39.8 Å². The van der Waals surface area contributed by atoms with Crippen molar-refractivity contribution in [3.8, 4) is 6.01 Å². The van der Waals surface area contributed by atoms with E-state index in [4.69, 9.17) is 4.74 Å². The van der Waals surface area contributed by atoms with E-state index in [1.807, 2.05) is 31.0 Å². The zero-order chi connectivity index (χ0) is 23.7. The number of fused-ring (bicyclic) bond motifs is 1. The van der Waals surface area contributed by atoms with Gasteiger partial charge in [-0.1, -0.05) is 29.4 Å². The summed E-state index contributed by atoms with van der Waals surface area (Å²) in [5.74, 6) is 1.72. The topological polar surface area (TPSA) is 79.1 Å². The Morgan fingerprint density at radius 2 is 1.76 bits per heavy atom. The van der Waals surface area contributed by atoms with E-state index >= 15 is 0 Å². The molecule has 0 aliphatic carbocycles. The van der Waals surface area contributed by atoms with Crippen LogP contribution < -0.4 is 9.64 Å². The molecule has 4 heterocycles. The minimum Gasteiger partial charge on any atom is -0.466 e. The van der Waals surface area contributed by atoms with E-state index in [1.165, 1.54) is 11.1 Å². The van der Waals surface area contributed by atoms with Gasteiger partial charge in [-0.25, -0.2) is 0 Å². The van der Waals surface area contributed by atoms with Crippen molar-refractivity contribution in [3.63, 3.8) is 0 Å². The number of methoxy groups -OCH3 is 1. The number of piperidine rings is 1. The highest BCUT2D eigenvalue weighted by atomic mass is 16.5. The molecule has 2 aliphatic rings. The second-order valence-electron chi connectivity index (χ2n) is 9.37. The van der Waals surface area contributed by atoms with Crippen LogP contribution in [0.3, 0.4) is 0 Å². The van der Waals surface area contributed by atoms with Gasteiger partial charge in [0.2, 0.25) is 5.91 Å². The lowest BCUT2D eigenvalue weighted by atomic mass is 9.89. The van der Waals surface area contributed by atoms with Gasteiger partial charge in [0.1, 0.15) is 5.82 Å². The molecule has 1 atom stereocenters. The molecule has 180 valence electrons. The van der Waals surface area contributed by atoms with E-state index in [0.29, 0.717) is 17.6 Å². The molecule has 0 saturated carbocycles. The molecule has 5 rings (SSSR count). The number of likely N-dealkylation sites (N-methyl/N-ethyl adjacent to an activating group) is 1. The fraction of sp³-hybridized carbons (Fsp3) is 0.520. The summed E-state index contributed by atoms with van der Waals surface area (Å²) in [6.45, 7) is 6.63. The standard InChI is InChI=1S/C25H33N7O2/c1-18-24(33)29(2)16-17-30(18)13-10-19-4-6-20(7-5-19)21-11-14-31(15-12-21)23-9-8-22-26-27-25(34-3)32(22)28-23/h4-9,18,21H,10-17H2,1-3H3/t18-/m1/s1. The van der Waals surface area contributed by atoms with Gasteiger partial charge in [-0.05, 0) is 55.4 Å². The van der Waals surface area contributed by atoms with E-state index in [9.17, 15) is 4.79 Å². The maximum atomic E-state index is 12.2. The number of hydrogen-bond donors (Lipinski definition) is 0. The van der Waals surface area contributed by atoms with Crippen molar-refractivity contribution in [1.82, 2.24) is 29.6 Å². The second kappa shape index (κ2) is 9.58. The number of rotatable bonds is 6. The molecule has 2 aliphatic heterocycles. The smallest absolute Gasteiger partial charge is 0.338 e. The van der Waals surface area contributed by atoms with Crippen molar-refractivity contribution >= 4 is 17.4 Å². The minimum atomic E-state index is -0.0236. The van der Waals surface area contributed by atoms with Gasteiger partial charge < -0.3 is 14.5 Å². The fourth-order valence-electron chi connectivity index (χ4n) is 5.09. The van der Waals surface area contributed by atoms with Crippen LogP contribution in [0.2, 0.25) is 0 Å². The van der Waals surface area contributed by atoms with Crippen LogP contribution in [0.25, 0.3) is 5.65 Å². The Morgan fingerprint density at radius 3 is 2.50 bits per heavy atom. The highest BCUT2D eigenvalue weighted by Crippen LogP contribution is 2.30. The molecule has 2 aromatic heterocycles. The molecule has 9 heteroatoms. The largest absolute Gasteiger partial charge is 0.466 e. The summed E-state index contributed by atoms with van der Waals surface area (Å²) in [4.78, 5) is 18.7. The summed E-state index contributed by atoms with van der Waals surface area (Å²) in [6.07, 6.45) is 3.17. The summed E-state index contributed by atoms with van der Waals surface area (Å²) in [7, 11) is 3.47. The molecule has 0 N–H and O–H groups in total. The molecule has 0 radical (unpaired) electrons. The van der Waals surface area contributed by atoms with Crippen LogP contribution in [0, 0.1) is 0 Å². The van der Waals surface area contributed by atoms with Crippen LogP contribution in [0.15, 0.2) is 36.4 Å². The third-order valence-corrected chi connectivity index (χ3v) is 7.36. The minimum absolute atomic E-state index is 0.0236. The predicted octanol–water partition coefficient (Wildman–Crippen LogP) is 2.22. The second-order valence-corrected chi connectivity index (χ2v) is 9.37. The van der Waals surface area contributed by atoms with Crippen LogP contribution in [-0.4, -0.2) is 88.4 Å². The molecule has 1 amide bonds. The van der Waals surface area contributed by atoms with E-state index in [1.54, 1.807) is 11.6 Å². The normalized spacial score (nSPS) is 20.3. The Balaban J connectivity index is 1.15. The number of carbonyl (C=O) groups is 1. The Morgan fingerprint density at radius 1 is 1.00 bits per heavy atom. The van der Waals surface area contributed by atoms with E-state index < -0.39 is 0 Å². The average Bonchev–Trinajstić information content (AvgIpc) is 3.30. The number of carbonyl (C=O) groups excluding carboxylic acids is 1. The van der Waals surface area contributed by atoms with Crippen molar-refractivity contribution in [2.24, 2.45) is 0 Å². The maximum Gasteiger partial charge on any atom is 0.338 e. The first kappa shape index (κ1) is 22.6. The molecule has 0 unspecified atom stereocenters. The Hall–Kier alpha value is -3.20. The number of anilines is 1. The number of ether oxygens (including phenoxy) is 1. The third kappa shape index (κ3) is 4.44. The molecular weight excluding hydrogens is 430 g/mol. The molecule has 9 nitrogen and oxygen atoms in total. The highest BCUT2D eigenvalue weighted by Gasteiger charge is 2.28. The van der Waals surface area contributed by atoms with Gasteiger partial charge in [-0.15, -0.1) is 10.2 Å². The number of hydrogen-bond acceptors (Lipinski definition) is 7. The summed E-state index contributed by atoms with van der Waals surface area (Å²) in [5.41, 5.74) is 3.43. The van der Waals surface area contributed by atoms with Crippen molar-refractivity contribution in [2.75, 3.05) is 51.8 Å². The van der Waals surface area contributed by atoms with Crippen LogP contribution in [0.4, 0.5) is 5.82 Å². The lowest BCUT2D eigenvalue weighted by Gasteiger charge is -2.37. The number of amides is 1. The predicted molar refractivity (Wildman–Crippen MR) is 130 cm³/mol. The SMILES string of the molecule is COc1nnc2ccc(N3CCC(c4ccc(CCN5CCN(C)C(=O)[C@H]5C)cc4)CC3)nn12. The third-order valence-electron chi connectivity index (χ3n) is 7.36. The molecule has 2 saturated heterocycles. The van der Waals surface area contributed by atoms with Crippen molar-refractivity contribution in [3.05, 3.63) is 47.5 Å². The summed E-state index contributed by atoms with van der Waals surface area (Å²) < 4.78 is 6.90. The summed E-state index contributed by atoms with van der Waals surface area (Å²) >= 11 is 0. The van der Waals surface area contributed by atoms with Gasteiger partial charge in [-0.2, -0.15) is 4.52 Å². The van der Waals surface area contributed by atoms with E-state index in [0.717, 1.165) is 57.8 Å². The monoisotopic (exact) mass is 463 g/mol. The van der Waals surface area contributed by atoms with Crippen molar-refractivity contribution < 1.29 is 9.53 Å². The van der Waals surface area contributed by atoms with Gasteiger partial charge in [0.25, 0.3) is 0 Å². The van der Waals surface area contributed by atoms with Gasteiger partial charge in [0.05, 0.1) is 13.2 Å². The van der Waals surface area contributed by atoms with E-state index in [2.05, 4.69) is 49.4 Å². The summed E-state index contributed by atoms with van der Waals surface area (Å²) in [5, 5.41) is 12.7. The maximum absolute atomic E-state index is 12.2. The molecule has 0 spiro atoms. The average molecular weight is 464 g/mol. The van der Waals surface area contributed by atoms with Crippen LogP contribution in [0.1, 0.15) is 36.8 Å². The van der Waals surface area contributed by atoms with Gasteiger partial charge in [-0.3, -0.25) is 9.69 Å². The van der Waals surface area contributed by atoms with Crippen molar-refractivity contribution in [2.45, 2.75) is 38.1 Å². The van der Waals surface area contributed by atoms with Crippen LogP contribution in [-0.2, 0) is 11.2 Å². The quantitative estimate of drug-likeness (QED) is 0.555. The number of nitrogens with zero attached hydrogens (tertiary/aromatic N) is 7. The molecule has 2 fully saturated rings. The molecule has 34 heavy (non-hydrogen) atoms. The first-order valence-corrected chi connectivity index (χ1v) is 12.1. The first-order valence-electron chi connectivity index (χ1n) is 12.1. The lowest BCUT2D eigenvalue weighted by molar-refractivity contribution is -0.139. The zero-order valence-electron chi connectivity index (χ0n) is 20.2. The molecular formula is C25H33N7O2. The fourth-order valence-corrected chi connectivity index (χ4v) is 5.09. The molecule has 3 aromatic rings. The number of benzene rings is 1. The van der Waals surface area contributed by atoms with Crippen LogP contribution >= 0.6 is 0 Å². The van der Waals surface area contributed by atoms with Gasteiger partial charge >= 0.3 is 6.01 Å². The van der Waals surface area contributed by atoms with Gasteiger partial charge in [0.15, 0.2) is 5.65 Å². The number of piperazine rings is 1. The molecule has 0 bridgehead atoms. The van der Waals surface area contributed by atoms with Crippen LogP contribution in [0.5, 0.6) is 6.01 Å². The van der Waals surface area contributed by atoms with E-state index in [-0.39, 0.29) is 11.9 Å². The molecule has 1 aromatic carbocycles. The first-order chi connectivity index (χ1) is 16.5. The zero-order valence-corrected chi connectivity index (χ0v) is 20.2. The summed E-state index contributed by atoms with van der Waals surface area (Å²) in [6, 6.07) is 13.4. The number of aromatic nitrogens is 4. The Bertz CT molecular complexity index is 1140.